The number of hydrogen-bond acceptors (Lipinski definition) is 5. The second kappa shape index (κ2) is 6.26. The summed E-state index contributed by atoms with van der Waals surface area (Å²) in [6.45, 7) is 2.55. The third-order valence-corrected chi connectivity index (χ3v) is 3.24. The van der Waals surface area contributed by atoms with Crippen molar-refractivity contribution in [2.75, 3.05) is 12.4 Å². The van der Waals surface area contributed by atoms with Crippen LogP contribution in [0.2, 0.25) is 0 Å². The van der Waals surface area contributed by atoms with Crippen molar-refractivity contribution in [3.8, 4) is 11.4 Å². The summed E-state index contributed by atoms with van der Waals surface area (Å²) in [4.78, 5) is 8.24. The average Bonchev–Trinajstić information content (AvgIpc) is 3.02. The number of anilines is 1. The first-order chi connectivity index (χ1) is 10.7. The zero-order chi connectivity index (χ0) is 15.4. The largest absolute Gasteiger partial charge is 0.497 e. The monoisotopic (exact) mass is 295 g/mol. The van der Waals surface area contributed by atoms with E-state index in [1.807, 2.05) is 54.2 Å². The molecule has 0 amide bonds. The summed E-state index contributed by atoms with van der Waals surface area (Å²) in [6.07, 6.45) is 3.48. The number of ether oxygens (including phenoxy) is 1. The van der Waals surface area contributed by atoms with Crippen LogP contribution in [-0.4, -0.2) is 26.9 Å². The number of benzene rings is 1. The van der Waals surface area contributed by atoms with Gasteiger partial charge in [-0.3, -0.25) is 0 Å². The van der Waals surface area contributed by atoms with Crippen molar-refractivity contribution in [3.05, 3.63) is 60.3 Å². The highest BCUT2D eigenvalue weighted by atomic mass is 16.5. The molecule has 0 unspecified atom stereocenters. The second-order valence-corrected chi connectivity index (χ2v) is 4.85. The van der Waals surface area contributed by atoms with E-state index < -0.39 is 0 Å². The van der Waals surface area contributed by atoms with E-state index in [0.717, 1.165) is 28.6 Å². The maximum absolute atomic E-state index is 5.16. The van der Waals surface area contributed by atoms with Crippen LogP contribution in [0.4, 0.5) is 5.82 Å². The summed E-state index contributed by atoms with van der Waals surface area (Å²) in [5.41, 5.74) is 2.86. The number of aromatic nitrogens is 4. The average molecular weight is 295 g/mol. The Hall–Kier alpha value is -2.89. The lowest BCUT2D eigenvalue weighted by atomic mass is 10.3. The number of rotatable bonds is 5. The van der Waals surface area contributed by atoms with Gasteiger partial charge in [-0.1, -0.05) is 0 Å². The van der Waals surface area contributed by atoms with Crippen LogP contribution >= 0.6 is 0 Å². The summed E-state index contributed by atoms with van der Waals surface area (Å²) < 4.78 is 6.99. The molecule has 6 heteroatoms. The molecule has 0 saturated heterocycles. The molecule has 112 valence electrons. The lowest BCUT2D eigenvalue weighted by molar-refractivity contribution is 0.414. The SMILES string of the molecule is COc1ccc(-n2ccc(CNc3cc(C)ncn3)n2)cc1. The highest BCUT2D eigenvalue weighted by molar-refractivity contribution is 5.38. The van der Waals surface area contributed by atoms with Gasteiger partial charge in [0.15, 0.2) is 0 Å². The fourth-order valence-corrected chi connectivity index (χ4v) is 2.07. The van der Waals surface area contributed by atoms with E-state index in [4.69, 9.17) is 4.74 Å². The number of hydrogen-bond donors (Lipinski definition) is 1. The molecule has 3 rings (SSSR count). The summed E-state index contributed by atoms with van der Waals surface area (Å²) in [5, 5.41) is 7.78. The predicted octanol–water partition coefficient (Wildman–Crippen LogP) is 2.59. The Morgan fingerprint density at radius 1 is 1.14 bits per heavy atom. The van der Waals surface area contributed by atoms with Gasteiger partial charge in [0.05, 0.1) is 25.0 Å². The Bertz CT molecular complexity index is 751. The van der Waals surface area contributed by atoms with Crippen LogP contribution in [0.5, 0.6) is 5.75 Å². The lowest BCUT2D eigenvalue weighted by Gasteiger charge is -2.04. The van der Waals surface area contributed by atoms with Gasteiger partial charge in [0.2, 0.25) is 0 Å². The molecule has 0 saturated carbocycles. The second-order valence-electron chi connectivity index (χ2n) is 4.85. The quantitative estimate of drug-likeness (QED) is 0.783. The van der Waals surface area contributed by atoms with Crippen molar-refractivity contribution < 1.29 is 4.74 Å². The molecule has 2 aromatic heterocycles. The van der Waals surface area contributed by atoms with Crippen molar-refractivity contribution in [2.45, 2.75) is 13.5 Å². The zero-order valence-electron chi connectivity index (χ0n) is 12.5. The Balaban J connectivity index is 1.68. The summed E-state index contributed by atoms with van der Waals surface area (Å²) in [7, 11) is 1.65. The molecular weight excluding hydrogens is 278 g/mol. The fraction of sp³-hybridized carbons (Fsp3) is 0.188. The van der Waals surface area contributed by atoms with Crippen molar-refractivity contribution in [1.82, 2.24) is 19.7 Å². The number of nitrogens with one attached hydrogen (secondary N) is 1. The molecule has 0 aliphatic heterocycles. The van der Waals surface area contributed by atoms with Gasteiger partial charge in [0.25, 0.3) is 0 Å². The van der Waals surface area contributed by atoms with Gasteiger partial charge in [-0.15, -0.1) is 0 Å². The maximum Gasteiger partial charge on any atom is 0.129 e. The van der Waals surface area contributed by atoms with Gasteiger partial charge in [-0.2, -0.15) is 5.10 Å². The molecule has 22 heavy (non-hydrogen) atoms. The molecular formula is C16H17N5O. The van der Waals surface area contributed by atoms with Crippen LogP contribution in [0.1, 0.15) is 11.4 Å². The Morgan fingerprint density at radius 3 is 2.68 bits per heavy atom. The van der Waals surface area contributed by atoms with Crippen molar-refractivity contribution in [2.24, 2.45) is 0 Å². The summed E-state index contributed by atoms with van der Waals surface area (Å²) >= 11 is 0. The first-order valence-electron chi connectivity index (χ1n) is 6.96. The Labute approximate surface area is 128 Å². The van der Waals surface area contributed by atoms with E-state index in [-0.39, 0.29) is 0 Å². The topological polar surface area (TPSA) is 64.9 Å². The van der Waals surface area contributed by atoms with Gasteiger partial charge in [0, 0.05) is 18.0 Å². The highest BCUT2D eigenvalue weighted by Crippen LogP contribution is 2.15. The molecule has 0 fully saturated rings. The van der Waals surface area contributed by atoms with Gasteiger partial charge in [-0.25, -0.2) is 14.6 Å². The van der Waals surface area contributed by atoms with Gasteiger partial charge < -0.3 is 10.1 Å². The van der Waals surface area contributed by atoms with E-state index in [9.17, 15) is 0 Å². The van der Waals surface area contributed by atoms with E-state index in [2.05, 4.69) is 20.4 Å². The summed E-state index contributed by atoms with van der Waals surface area (Å²) in [5.74, 6) is 1.63. The van der Waals surface area contributed by atoms with E-state index in [0.29, 0.717) is 6.54 Å². The molecule has 0 radical (unpaired) electrons. The smallest absolute Gasteiger partial charge is 0.129 e. The lowest BCUT2D eigenvalue weighted by Crippen LogP contribution is -2.04. The van der Waals surface area contributed by atoms with Gasteiger partial charge in [-0.05, 0) is 37.3 Å². The highest BCUT2D eigenvalue weighted by Gasteiger charge is 2.02. The zero-order valence-corrected chi connectivity index (χ0v) is 12.5. The van der Waals surface area contributed by atoms with Crippen LogP contribution in [0.25, 0.3) is 5.69 Å². The van der Waals surface area contributed by atoms with Crippen LogP contribution in [0.3, 0.4) is 0 Å². The number of methoxy groups -OCH3 is 1. The van der Waals surface area contributed by atoms with E-state index in [1.165, 1.54) is 0 Å². The first kappa shape index (κ1) is 14.1. The molecule has 0 spiro atoms. The Kier molecular flexibility index (Phi) is 4.00. The minimum Gasteiger partial charge on any atom is -0.497 e. The molecule has 0 aliphatic rings. The van der Waals surface area contributed by atoms with Crippen LogP contribution < -0.4 is 10.1 Å². The third-order valence-electron chi connectivity index (χ3n) is 3.24. The van der Waals surface area contributed by atoms with Crippen molar-refractivity contribution >= 4 is 5.82 Å². The molecule has 2 heterocycles. The molecule has 6 nitrogen and oxygen atoms in total. The first-order valence-corrected chi connectivity index (χ1v) is 6.96. The van der Waals surface area contributed by atoms with Gasteiger partial charge in [0.1, 0.15) is 17.9 Å². The molecule has 1 aromatic carbocycles. The molecule has 1 N–H and O–H groups in total. The molecule has 0 aliphatic carbocycles. The van der Waals surface area contributed by atoms with E-state index in [1.54, 1.807) is 13.4 Å². The molecule has 3 aromatic rings. The standard InChI is InChI=1S/C16H17N5O/c1-12-9-16(19-11-18-12)17-10-13-7-8-21(20-13)14-3-5-15(22-2)6-4-14/h3-9,11H,10H2,1-2H3,(H,17,18,19). The maximum atomic E-state index is 5.16. The van der Waals surface area contributed by atoms with Crippen molar-refractivity contribution in [1.29, 1.82) is 0 Å². The normalized spacial score (nSPS) is 10.5. The van der Waals surface area contributed by atoms with Crippen molar-refractivity contribution in [3.63, 3.8) is 0 Å². The molecule has 0 bridgehead atoms. The fourth-order valence-electron chi connectivity index (χ4n) is 2.07. The number of nitrogens with zero attached hydrogens (tertiary/aromatic N) is 4. The third kappa shape index (κ3) is 3.22. The number of aryl methyl sites for hydroxylation is 1. The van der Waals surface area contributed by atoms with Crippen LogP contribution in [0.15, 0.2) is 48.9 Å². The molecule has 0 atom stereocenters. The minimum absolute atomic E-state index is 0.611. The van der Waals surface area contributed by atoms with Crippen LogP contribution in [0, 0.1) is 6.92 Å². The predicted molar refractivity (Wildman–Crippen MR) is 84.2 cm³/mol. The van der Waals surface area contributed by atoms with E-state index >= 15 is 0 Å². The Morgan fingerprint density at radius 2 is 1.95 bits per heavy atom. The summed E-state index contributed by atoms with van der Waals surface area (Å²) in [6, 6.07) is 11.6. The van der Waals surface area contributed by atoms with Gasteiger partial charge >= 0.3 is 0 Å². The van der Waals surface area contributed by atoms with Crippen LogP contribution in [-0.2, 0) is 6.54 Å². The minimum atomic E-state index is 0.611.